The summed E-state index contributed by atoms with van der Waals surface area (Å²) >= 11 is 0. The van der Waals surface area contributed by atoms with Gasteiger partial charge in [-0.2, -0.15) is 0 Å². The maximum Gasteiger partial charge on any atom is 0.0679 e. The van der Waals surface area contributed by atoms with E-state index in [0.29, 0.717) is 24.5 Å². The fourth-order valence-corrected chi connectivity index (χ4v) is 3.32. The van der Waals surface area contributed by atoms with E-state index in [-0.39, 0.29) is 12.1 Å². The number of aliphatic hydroxyl groups excluding tert-OH is 1. The zero-order chi connectivity index (χ0) is 13.0. The minimum atomic E-state index is -0.175. The minimum absolute atomic E-state index is 0.175. The Labute approximate surface area is 111 Å². The average molecular weight is 255 g/mol. The van der Waals surface area contributed by atoms with Crippen molar-refractivity contribution in [3.63, 3.8) is 0 Å². The van der Waals surface area contributed by atoms with Crippen LogP contribution in [0.2, 0.25) is 0 Å². The first-order chi connectivity index (χ1) is 8.72. The fourth-order valence-electron chi connectivity index (χ4n) is 3.32. The number of hydrogen-bond donors (Lipinski definition) is 2. The average Bonchev–Trinajstić information content (AvgIpc) is 3.21. The van der Waals surface area contributed by atoms with Crippen LogP contribution < -0.4 is 5.32 Å². The summed E-state index contributed by atoms with van der Waals surface area (Å²) in [5.74, 6) is 1.29. The largest absolute Gasteiger partial charge is 0.394 e. The maximum absolute atomic E-state index is 9.77. The molecule has 2 aliphatic carbocycles. The lowest BCUT2D eigenvalue weighted by atomic mass is 9.87. The molecule has 106 valence electrons. The maximum atomic E-state index is 9.77. The number of likely N-dealkylation sites (N-methyl/N-ethyl adjacent to an activating group) is 1. The Bertz CT molecular complexity index is 255. The minimum Gasteiger partial charge on any atom is -0.394 e. The summed E-state index contributed by atoms with van der Waals surface area (Å²) in [6, 6.07) is 0. The second-order valence-electron chi connectivity index (χ2n) is 6.23. The molecule has 0 aromatic carbocycles. The molecular weight excluding hydrogens is 226 g/mol. The molecule has 3 unspecified atom stereocenters. The number of aliphatic hydroxyl groups is 1. The molecule has 0 amide bonds. The van der Waals surface area contributed by atoms with E-state index in [1.807, 2.05) is 0 Å². The van der Waals surface area contributed by atoms with Crippen molar-refractivity contribution >= 4 is 0 Å². The number of ether oxygens (including phenoxy) is 1. The molecule has 0 aromatic heterocycles. The second-order valence-corrected chi connectivity index (χ2v) is 6.23. The van der Waals surface area contributed by atoms with Crippen LogP contribution in [0.5, 0.6) is 0 Å². The summed E-state index contributed by atoms with van der Waals surface area (Å²) < 4.78 is 6.18. The lowest BCUT2D eigenvalue weighted by Gasteiger charge is -2.37. The van der Waals surface area contributed by atoms with Gasteiger partial charge < -0.3 is 15.2 Å². The van der Waals surface area contributed by atoms with E-state index in [0.717, 1.165) is 6.54 Å². The molecule has 2 N–H and O–H groups in total. The van der Waals surface area contributed by atoms with Gasteiger partial charge in [0, 0.05) is 0 Å². The third-order valence-corrected chi connectivity index (χ3v) is 4.76. The Hall–Kier alpha value is -0.120. The van der Waals surface area contributed by atoms with Gasteiger partial charge in [0.15, 0.2) is 0 Å². The normalized spacial score (nSPS) is 32.2. The molecule has 2 aliphatic rings. The molecule has 0 aliphatic heterocycles. The van der Waals surface area contributed by atoms with Crippen molar-refractivity contribution in [1.29, 1.82) is 0 Å². The van der Waals surface area contributed by atoms with E-state index in [9.17, 15) is 5.11 Å². The van der Waals surface area contributed by atoms with Crippen LogP contribution >= 0.6 is 0 Å². The van der Waals surface area contributed by atoms with Crippen LogP contribution in [0, 0.1) is 11.8 Å². The van der Waals surface area contributed by atoms with Gasteiger partial charge in [-0.1, -0.05) is 26.7 Å². The highest BCUT2D eigenvalue weighted by Crippen LogP contribution is 2.40. The Balaban J connectivity index is 1.88. The highest BCUT2D eigenvalue weighted by Gasteiger charge is 2.45. The number of nitrogens with one attached hydrogen (secondary N) is 1. The molecule has 2 saturated carbocycles. The Morgan fingerprint density at radius 1 is 1.22 bits per heavy atom. The highest BCUT2D eigenvalue weighted by molar-refractivity contribution is 5.01. The molecule has 0 saturated heterocycles. The van der Waals surface area contributed by atoms with E-state index >= 15 is 0 Å². The molecule has 0 aromatic rings. The van der Waals surface area contributed by atoms with Gasteiger partial charge in [-0.05, 0) is 44.1 Å². The molecule has 0 bridgehead atoms. The lowest BCUT2D eigenvalue weighted by molar-refractivity contribution is -0.0518. The molecular formula is C15H29NO2. The van der Waals surface area contributed by atoms with Crippen LogP contribution in [0.25, 0.3) is 0 Å². The van der Waals surface area contributed by atoms with Crippen LogP contribution in [0.3, 0.4) is 0 Å². The van der Waals surface area contributed by atoms with Crippen molar-refractivity contribution in [3.05, 3.63) is 0 Å². The van der Waals surface area contributed by atoms with Crippen molar-refractivity contribution in [1.82, 2.24) is 5.32 Å². The summed E-state index contributed by atoms with van der Waals surface area (Å²) in [7, 11) is 0. The highest BCUT2D eigenvalue weighted by atomic mass is 16.5. The zero-order valence-corrected chi connectivity index (χ0v) is 12.0. The van der Waals surface area contributed by atoms with Crippen molar-refractivity contribution in [2.45, 2.75) is 64.0 Å². The van der Waals surface area contributed by atoms with Gasteiger partial charge in [-0.25, -0.2) is 0 Å². The molecule has 2 fully saturated rings. The lowest BCUT2D eigenvalue weighted by Crippen LogP contribution is -2.55. The summed E-state index contributed by atoms with van der Waals surface area (Å²) in [6.45, 7) is 6.19. The smallest absolute Gasteiger partial charge is 0.0679 e. The third-order valence-electron chi connectivity index (χ3n) is 4.76. The number of rotatable bonds is 7. The van der Waals surface area contributed by atoms with E-state index in [1.165, 1.54) is 38.5 Å². The van der Waals surface area contributed by atoms with E-state index in [4.69, 9.17) is 4.74 Å². The van der Waals surface area contributed by atoms with Crippen LogP contribution in [-0.2, 0) is 4.74 Å². The van der Waals surface area contributed by atoms with E-state index in [2.05, 4.69) is 19.2 Å². The van der Waals surface area contributed by atoms with E-state index in [1.54, 1.807) is 0 Å². The first-order valence-corrected chi connectivity index (χ1v) is 7.69. The standard InChI is InChI=1S/C15H29NO2/c1-3-16-15(10-17,13-8-9-13)11-18-14-7-5-4-6-12(14)2/h12-14,16-17H,3-11H2,1-2H3. The molecule has 0 heterocycles. The quantitative estimate of drug-likeness (QED) is 0.733. The molecule has 3 atom stereocenters. The third kappa shape index (κ3) is 3.25. The second kappa shape index (κ2) is 6.36. The monoisotopic (exact) mass is 255 g/mol. The molecule has 0 spiro atoms. The molecule has 0 radical (unpaired) electrons. The van der Waals surface area contributed by atoms with E-state index < -0.39 is 0 Å². The molecule has 18 heavy (non-hydrogen) atoms. The topological polar surface area (TPSA) is 41.5 Å². The predicted octanol–water partition coefficient (Wildman–Crippen LogP) is 2.33. The molecule has 2 rings (SSSR count). The predicted molar refractivity (Wildman–Crippen MR) is 73.6 cm³/mol. The zero-order valence-electron chi connectivity index (χ0n) is 12.0. The van der Waals surface area contributed by atoms with Crippen LogP contribution in [-0.4, -0.2) is 36.5 Å². The Morgan fingerprint density at radius 2 is 1.94 bits per heavy atom. The van der Waals surface area contributed by atoms with Gasteiger partial charge in [-0.15, -0.1) is 0 Å². The first-order valence-electron chi connectivity index (χ1n) is 7.69. The van der Waals surface area contributed by atoms with Crippen molar-refractivity contribution in [2.75, 3.05) is 19.8 Å². The SMILES string of the molecule is CCNC(CO)(COC1CCCCC1C)C1CC1. The van der Waals surface area contributed by atoms with Crippen molar-refractivity contribution in [2.24, 2.45) is 11.8 Å². The van der Waals surface area contributed by atoms with Gasteiger partial charge in [0.05, 0.1) is 24.9 Å². The summed E-state index contributed by atoms with van der Waals surface area (Å²) in [5, 5.41) is 13.3. The Kier molecular flexibility index (Phi) is 5.05. The summed E-state index contributed by atoms with van der Waals surface area (Å²) in [5.41, 5.74) is -0.175. The van der Waals surface area contributed by atoms with Gasteiger partial charge in [0.2, 0.25) is 0 Å². The fraction of sp³-hybridized carbons (Fsp3) is 1.00. The Morgan fingerprint density at radius 3 is 2.50 bits per heavy atom. The summed E-state index contributed by atoms with van der Waals surface area (Å²) in [6.07, 6.45) is 8.00. The van der Waals surface area contributed by atoms with Gasteiger partial charge in [0.1, 0.15) is 0 Å². The van der Waals surface area contributed by atoms with Crippen molar-refractivity contribution < 1.29 is 9.84 Å². The van der Waals surface area contributed by atoms with Gasteiger partial charge in [0.25, 0.3) is 0 Å². The molecule has 3 nitrogen and oxygen atoms in total. The van der Waals surface area contributed by atoms with Crippen LogP contribution in [0.4, 0.5) is 0 Å². The van der Waals surface area contributed by atoms with Crippen LogP contribution in [0.1, 0.15) is 52.4 Å². The summed E-state index contributed by atoms with van der Waals surface area (Å²) in [4.78, 5) is 0. The van der Waals surface area contributed by atoms with Crippen LogP contribution in [0.15, 0.2) is 0 Å². The first kappa shape index (κ1) is 14.3. The van der Waals surface area contributed by atoms with Gasteiger partial charge in [-0.3, -0.25) is 0 Å². The number of hydrogen-bond acceptors (Lipinski definition) is 3. The van der Waals surface area contributed by atoms with Crippen molar-refractivity contribution in [3.8, 4) is 0 Å². The molecule has 3 heteroatoms. The van der Waals surface area contributed by atoms with Gasteiger partial charge >= 0.3 is 0 Å².